The summed E-state index contributed by atoms with van der Waals surface area (Å²) >= 11 is 0. The molecular formula is C24H18FN3O. The minimum absolute atomic E-state index is 0.118. The first-order chi connectivity index (χ1) is 14.2. The summed E-state index contributed by atoms with van der Waals surface area (Å²) in [6, 6.07) is 22.1. The molecule has 0 aliphatic heterocycles. The van der Waals surface area contributed by atoms with Crippen LogP contribution >= 0.6 is 0 Å². The van der Waals surface area contributed by atoms with E-state index < -0.39 is 5.95 Å². The molecule has 5 rings (SSSR count). The average molecular weight is 383 g/mol. The molecule has 4 aromatic rings. The Morgan fingerprint density at radius 1 is 0.828 bits per heavy atom. The van der Waals surface area contributed by atoms with Gasteiger partial charge in [-0.3, -0.25) is 9.36 Å². The molecule has 29 heavy (non-hydrogen) atoms. The number of hydrogen-bond donors (Lipinski definition) is 0. The molecule has 142 valence electrons. The number of para-hydroxylation sites is 1. The number of rotatable bonds is 3. The molecule has 0 saturated heterocycles. The zero-order valence-electron chi connectivity index (χ0n) is 15.7. The Morgan fingerprint density at radius 2 is 1.55 bits per heavy atom. The van der Waals surface area contributed by atoms with Crippen molar-refractivity contribution in [3.05, 3.63) is 90.0 Å². The number of carbonyl (C=O) groups excluding carboxylic acids is 1. The monoisotopic (exact) mass is 383 g/mol. The van der Waals surface area contributed by atoms with E-state index in [0.717, 1.165) is 18.5 Å². The van der Waals surface area contributed by atoms with Crippen molar-refractivity contribution in [2.75, 3.05) is 0 Å². The van der Waals surface area contributed by atoms with E-state index in [0.29, 0.717) is 34.8 Å². The van der Waals surface area contributed by atoms with Gasteiger partial charge in [0.05, 0.1) is 5.69 Å². The lowest BCUT2D eigenvalue weighted by atomic mass is 9.94. The first kappa shape index (κ1) is 17.5. The minimum Gasteiger partial charge on any atom is -0.294 e. The molecule has 0 amide bonds. The van der Waals surface area contributed by atoms with Crippen LogP contribution in [0.3, 0.4) is 0 Å². The number of nitrogens with zero attached hydrogens (tertiary/aromatic N) is 3. The number of aromatic nitrogens is 3. The van der Waals surface area contributed by atoms with Gasteiger partial charge in [0.1, 0.15) is 11.4 Å². The fraction of sp³-hybridized carbons (Fsp3) is 0.125. The van der Waals surface area contributed by atoms with Crippen molar-refractivity contribution in [3.63, 3.8) is 0 Å². The highest BCUT2D eigenvalue weighted by Gasteiger charge is 2.24. The number of halogens is 1. The van der Waals surface area contributed by atoms with Crippen LogP contribution in [-0.2, 0) is 6.42 Å². The van der Waals surface area contributed by atoms with Crippen LogP contribution in [0.15, 0.2) is 72.8 Å². The van der Waals surface area contributed by atoms with Crippen LogP contribution in [0, 0.1) is 5.95 Å². The molecule has 2 aromatic heterocycles. The summed E-state index contributed by atoms with van der Waals surface area (Å²) in [5, 5.41) is 0. The molecular weight excluding hydrogens is 365 g/mol. The quantitative estimate of drug-likeness (QED) is 0.485. The molecule has 1 aliphatic rings. The second-order valence-electron chi connectivity index (χ2n) is 7.08. The van der Waals surface area contributed by atoms with Gasteiger partial charge in [-0.25, -0.2) is 9.97 Å². The zero-order valence-corrected chi connectivity index (χ0v) is 15.7. The number of carbonyl (C=O) groups is 1. The van der Waals surface area contributed by atoms with Gasteiger partial charge in [-0.2, -0.15) is 4.39 Å². The molecule has 0 radical (unpaired) electrons. The summed E-state index contributed by atoms with van der Waals surface area (Å²) in [4.78, 5) is 21.5. The molecule has 0 N–H and O–H groups in total. The molecule has 4 nitrogen and oxygen atoms in total. The summed E-state index contributed by atoms with van der Waals surface area (Å²) in [5.41, 5.74) is 3.65. The van der Waals surface area contributed by atoms with Crippen molar-refractivity contribution in [3.8, 4) is 28.5 Å². The van der Waals surface area contributed by atoms with Gasteiger partial charge >= 0.3 is 0 Å². The predicted octanol–water partition coefficient (Wildman–Crippen LogP) is 5.26. The van der Waals surface area contributed by atoms with Gasteiger partial charge < -0.3 is 0 Å². The van der Waals surface area contributed by atoms with Gasteiger partial charge in [0.25, 0.3) is 0 Å². The SMILES string of the molecule is O=C1CCCc2nc(-c3nc(-c4ccccc4)c(F)n3-c3ccccc3)ccc21. The number of imidazole rings is 1. The van der Waals surface area contributed by atoms with E-state index >= 15 is 4.39 Å². The van der Waals surface area contributed by atoms with Crippen molar-refractivity contribution in [1.82, 2.24) is 14.5 Å². The normalized spacial score (nSPS) is 13.3. The largest absolute Gasteiger partial charge is 0.294 e. The number of Topliss-reactive ketones (excluding diaryl/α,β-unsaturated/α-hetero) is 1. The molecule has 0 bridgehead atoms. The van der Waals surface area contributed by atoms with E-state index in [1.165, 1.54) is 4.57 Å². The summed E-state index contributed by atoms with van der Waals surface area (Å²) < 4.78 is 17.1. The van der Waals surface area contributed by atoms with Crippen LogP contribution in [0.1, 0.15) is 28.9 Å². The van der Waals surface area contributed by atoms with Crippen LogP contribution in [0.25, 0.3) is 28.5 Å². The number of benzene rings is 2. The van der Waals surface area contributed by atoms with Crippen LogP contribution in [0.4, 0.5) is 4.39 Å². The number of aryl methyl sites for hydroxylation is 1. The number of pyridine rings is 1. The Balaban J connectivity index is 1.73. The first-order valence-electron chi connectivity index (χ1n) is 9.65. The third-order valence-electron chi connectivity index (χ3n) is 5.20. The Bertz CT molecular complexity index is 1200. The first-order valence-corrected chi connectivity index (χ1v) is 9.65. The smallest absolute Gasteiger partial charge is 0.226 e. The number of hydrogen-bond acceptors (Lipinski definition) is 3. The molecule has 2 heterocycles. The van der Waals surface area contributed by atoms with E-state index in [2.05, 4.69) is 4.98 Å². The van der Waals surface area contributed by atoms with Gasteiger partial charge in [0, 0.05) is 23.2 Å². The Morgan fingerprint density at radius 3 is 2.31 bits per heavy atom. The van der Waals surface area contributed by atoms with Gasteiger partial charge in [0.2, 0.25) is 5.95 Å². The highest BCUT2D eigenvalue weighted by molar-refractivity contribution is 5.98. The summed E-state index contributed by atoms with van der Waals surface area (Å²) in [6.07, 6.45) is 2.09. The molecule has 2 aromatic carbocycles. The van der Waals surface area contributed by atoms with Gasteiger partial charge in [0.15, 0.2) is 11.6 Å². The lowest BCUT2D eigenvalue weighted by Gasteiger charge is -2.15. The third-order valence-corrected chi connectivity index (χ3v) is 5.20. The fourth-order valence-electron chi connectivity index (χ4n) is 3.79. The molecule has 0 atom stereocenters. The number of ketones is 1. The van der Waals surface area contributed by atoms with Crippen LogP contribution in [-0.4, -0.2) is 20.3 Å². The van der Waals surface area contributed by atoms with Crippen molar-refractivity contribution in [2.45, 2.75) is 19.3 Å². The maximum absolute atomic E-state index is 15.6. The van der Waals surface area contributed by atoms with E-state index in [-0.39, 0.29) is 11.5 Å². The molecule has 0 fully saturated rings. The second-order valence-corrected chi connectivity index (χ2v) is 7.08. The summed E-state index contributed by atoms with van der Waals surface area (Å²) in [6.45, 7) is 0. The highest BCUT2D eigenvalue weighted by Crippen LogP contribution is 2.31. The van der Waals surface area contributed by atoms with E-state index in [9.17, 15) is 4.79 Å². The summed E-state index contributed by atoms with van der Waals surface area (Å²) in [7, 11) is 0. The van der Waals surface area contributed by atoms with Gasteiger partial charge in [-0.15, -0.1) is 0 Å². The third kappa shape index (κ3) is 3.05. The lowest BCUT2D eigenvalue weighted by Crippen LogP contribution is -2.13. The second kappa shape index (κ2) is 7.09. The standard InChI is InChI=1S/C24H18FN3O/c25-23-22(16-8-3-1-4-9-16)27-24(28(23)17-10-5-2-6-11-17)20-15-14-18-19(26-20)12-7-13-21(18)29/h1-6,8-11,14-15H,7,12-13H2. The van der Waals surface area contributed by atoms with E-state index in [1.54, 1.807) is 12.1 Å². The Kier molecular flexibility index (Phi) is 4.28. The Labute approximate surface area is 167 Å². The Hall–Kier alpha value is -3.60. The molecule has 0 spiro atoms. The van der Waals surface area contributed by atoms with Crippen molar-refractivity contribution in [2.24, 2.45) is 0 Å². The van der Waals surface area contributed by atoms with Crippen LogP contribution in [0.2, 0.25) is 0 Å². The molecule has 0 unspecified atom stereocenters. The van der Waals surface area contributed by atoms with Gasteiger partial charge in [-0.1, -0.05) is 48.5 Å². The van der Waals surface area contributed by atoms with Crippen molar-refractivity contribution >= 4 is 5.78 Å². The van der Waals surface area contributed by atoms with Crippen LogP contribution in [0.5, 0.6) is 0 Å². The van der Waals surface area contributed by atoms with E-state index in [4.69, 9.17) is 4.98 Å². The summed E-state index contributed by atoms with van der Waals surface area (Å²) in [5.74, 6) is 0.106. The highest BCUT2D eigenvalue weighted by atomic mass is 19.1. The van der Waals surface area contributed by atoms with Crippen molar-refractivity contribution in [1.29, 1.82) is 0 Å². The topological polar surface area (TPSA) is 47.8 Å². The zero-order chi connectivity index (χ0) is 19.8. The molecule has 1 aliphatic carbocycles. The molecule has 0 saturated carbocycles. The minimum atomic E-state index is -0.437. The average Bonchev–Trinajstić information content (AvgIpc) is 3.12. The van der Waals surface area contributed by atoms with Crippen LogP contribution < -0.4 is 0 Å². The molecule has 5 heteroatoms. The lowest BCUT2D eigenvalue weighted by molar-refractivity contribution is 0.0971. The predicted molar refractivity (Wildman–Crippen MR) is 109 cm³/mol. The maximum atomic E-state index is 15.6. The number of fused-ring (bicyclic) bond motifs is 1. The fourth-order valence-corrected chi connectivity index (χ4v) is 3.79. The van der Waals surface area contributed by atoms with E-state index in [1.807, 2.05) is 60.7 Å². The van der Waals surface area contributed by atoms with Gasteiger partial charge in [-0.05, 0) is 37.1 Å². The maximum Gasteiger partial charge on any atom is 0.226 e. The van der Waals surface area contributed by atoms with Crippen molar-refractivity contribution < 1.29 is 9.18 Å².